The number of aryl methyl sites for hydroxylation is 1. The predicted molar refractivity (Wildman–Crippen MR) is 113 cm³/mol. The molecule has 0 atom stereocenters. The van der Waals surface area contributed by atoms with E-state index in [1.165, 1.54) is 12.1 Å². The molecule has 0 spiro atoms. The molecular weight excluding hydrogens is 423 g/mol. The number of nitrogens with one attached hydrogen (secondary N) is 1. The first kappa shape index (κ1) is 20.6. The lowest BCUT2D eigenvalue weighted by molar-refractivity contribution is 0.101. The molecule has 0 bridgehead atoms. The number of hydrogen-bond acceptors (Lipinski definition) is 5. The molecule has 4 aromatic rings. The maximum absolute atomic E-state index is 13.0. The molecule has 9 heteroatoms. The number of anilines is 1. The van der Waals surface area contributed by atoms with Crippen molar-refractivity contribution in [3.8, 4) is 5.75 Å². The largest absolute Gasteiger partial charge is 0.487 e. The summed E-state index contributed by atoms with van der Waals surface area (Å²) in [6.07, 6.45) is 1.72. The second-order valence-electron chi connectivity index (χ2n) is 6.76. The molecule has 158 valence electrons. The zero-order chi connectivity index (χ0) is 21.8. The molecule has 0 fully saturated rings. The van der Waals surface area contributed by atoms with Crippen molar-refractivity contribution < 1.29 is 18.4 Å². The van der Waals surface area contributed by atoms with Gasteiger partial charge in [-0.1, -0.05) is 41.0 Å². The number of amides is 1. The molecule has 0 aliphatic rings. The average Bonchev–Trinajstić information content (AvgIpc) is 3.35. The second kappa shape index (κ2) is 9.01. The Bertz CT molecular complexity index is 1200. The molecule has 0 unspecified atom stereocenters. The van der Waals surface area contributed by atoms with E-state index < -0.39 is 5.91 Å². The van der Waals surface area contributed by atoms with Gasteiger partial charge < -0.3 is 14.6 Å². The number of rotatable bonds is 7. The SMILES string of the molecule is Cc1onc(C(=O)Nc2ccn(Cc3ccc(F)cc3)n2)c1COc1ccccc1Cl. The van der Waals surface area contributed by atoms with Crippen molar-refractivity contribution in [1.29, 1.82) is 0 Å². The number of benzene rings is 2. The lowest BCUT2D eigenvalue weighted by atomic mass is 10.2. The molecule has 0 saturated carbocycles. The smallest absolute Gasteiger partial charge is 0.279 e. The minimum atomic E-state index is -0.471. The van der Waals surface area contributed by atoms with Crippen molar-refractivity contribution in [3.05, 3.63) is 94.2 Å². The fourth-order valence-corrected chi connectivity index (χ4v) is 3.11. The highest BCUT2D eigenvalue weighted by atomic mass is 35.5. The summed E-state index contributed by atoms with van der Waals surface area (Å²) in [7, 11) is 0. The van der Waals surface area contributed by atoms with Gasteiger partial charge in [0, 0.05) is 12.3 Å². The molecule has 31 heavy (non-hydrogen) atoms. The first-order valence-electron chi connectivity index (χ1n) is 9.41. The van der Waals surface area contributed by atoms with Crippen LogP contribution in [-0.2, 0) is 13.2 Å². The quantitative estimate of drug-likeness (QED) is 0.444. The van der Waals surface area contributed by atoms with Crippen molar-refractivity contribution in [3.63, 3.8) is 0 Å². The van der Waals surface area contributed by atoms with E-state index in [1.54, 1.807) is 60.3 Å². The van der Waals surface area contributed by atoms with Crippen LogP contribution in [0.25, 0.3) is 0 Å². The molecule has 2 aromatic heterocycles. The molecule has 2 aromatic carbocycles. The number of hydrogen-bond donors (Lipinski definition) is 1. The molecule has 0 aliphatic heterocycles. The molecule has 2 heterocycles. The molecule has 1 N–H and O–H groups in total. The van der Waals surface area contributed by atoms with Crippen LogP contribution in [0, 0.1) is 12.7 Å². The van der Waals surface area contributed by atoms with Gasteiger partial charge in [-0.05, 0) is 36.8 Å². The van der Waals surface area contributed by atoms with E-state index in [1.807, 2.05) is 0 Å². The second-order valence-corrected chi connectivity index (χ2v) is 7.17. The van der Waals surface area contributed by atoms with Crippen LogP contribution in [0.15, 0.2) is 65.3 Å². The third-order valence-corrected chi connectivity index (χ3v) is 4.86. The van der Waals surface area contributed by atoms with Crippen LogP contribution in [0.5, 0.6) is 5.75 Å². The van der Waals surface area contributed by atoms with Crippen LogP contribution in [0.1, 0.15) is 27.4 Å². The zero-order valence-electron chi connectivity index (χ0n) is 16.5. The molecule has 7 nitrogen and oxygen atoms in total. The highest BCUT2D eigenvalue weighted by molar-refractivity contribution is 6.32. The van der Waals surface area contributed by atoms with E-state index in [0.717, 1.165) is 5.56 Å². The summed E-state index contributed by atoms with van der Waals surface area (Å²) in [5, 5.41) is 11.3. The summed E-state index contributed by atoms with van der Waals surface area (Å²) in [4.78, 5) is 12.7. The standard InChI is InChI=1S/C22H18ClFN4O3/c1-14-17(13-30-19-5-3-2-4-18(19)23)21(27-31-14)22(29)25-20-10-11-28(26-20)12-15-6-8-16(24)9-7-15/h2-11H,12-13H2,1H3,(H,25,26,29). The van der Waals surface area contributed by atoms with Gasteiger partial charge >= 0.3 is 0 Å². The third kappa shape index (κ3) is 4.92. The predicted octanol–water partition coefficient (Wildman–Crippen LogP) is 4.85. The Morgan fingerprint density at radius 2 is 1.97 bits per heavy atom. The van der Waals surface area contributed by atoms with Gasteiger partial charge in [-0.3, -0.25) is 9.48 Å². The first-order valence-corrected chi connectivity index (χ1v) is 9.79. The van der Waals surface area contributed by atoms with E-state index in [4.69, 9.17) is 20.9 Å². The number of aromatic nitrogens is 3. The van der Waals surface area contributed by atoms with Crippen molar-refractivity contribution >= 4 is 23.3 Å². The lowest BCUT2D eigenvalue weighted by Gasteiger charge is -2.08. The van der Waals surface area contributed by atoms with Crippen LogP contribution >= 0.6 is 11.6 Å². The van der Waals surface area contributed by atoms with Crippen LogP contribution < -0.4 is 10.1 Å². The van der Waals surface area contributed by atoms with Crippen molar-refractivity contribution in [2.45, 2.75) is 20.1 Å². The maximum Gasteiger partial charge on any atom is 0.279 e. The van der Waals surface area contributed by atoms with E-state index in [9.17, 15) is 9.18 Å². The molecule has 0 radical (unpaired) electrons. The molecule has 4 rings (SSSR count). The lowest BCUT2D eigenvalue weighted by Crippen LogP contribution is -2.16. The number of carbonyl (C=O) groups excluding carboxylic acids is 1. The Hall–Kier alpha value is -3.65. The van der Waals surface area contributed by atoms with Crippen LogP contribution in [0.2, 0.25) is 5.02 Å². The van der Waals surface area contributed by atoms with Gasteiger partial charge in [0.05, 0.1) is 17.1 Å². The molecule has 0 saturated heterocycles. The highest BCUT2D eigenvalue weighted by Crippen LogP contribution is 2.25. The summed E-state index contributed by atoms with van der Waals surface area (Å²) in [6.45, 7) is 2.21. The molecule has 1 amide bonds. The Morgan fingerprint density at radius 3 is 2.74 bits per heavy atom. The van der Waals surface area contributed by atoms with Gasteiger partial charge in [-0.25, -0.2) is 4.39 Å². The summed E-state index contributed by atoms with van der Waals surface area (Å²) >= 11 is 6.11. The first-order chi connectivity index (χ1) is 15.0. The van der Waals surface area contributed by atoms with Gasteiger partial charge in [0.1, 0.15) is 23.9 Å². The van der Waals surface area contributed by atoms with Crippen molar-refractivity contribution in [1.82, 2.24) is 14.9 Å². The van der Waals surface area contributed by atoms with E-state index >= 15 is 0 Å². The zero-order valence-corrected chi connectivity index (χ0v) is 17.3. The summed E-state index contributed by atoms with van der Waals surface area (Å²) in [5.41, 5.74) is 1.51. The monoisotopic (exact) mass is 440 g/mol. The fraction of sp³-hybridized carbons (Fsp3) is 0.136. The fourth-order valence-electron chi connectivity index (χ4n) is 2.92. The normalized spacial score (nSPS) is 10.8. The summed E-state index contributed by atoms with van der Waals surface area (Å²) in [5.74, 6) is 0.552. The Kier molecular flexibility index (Phi) is 5.99. The number of ether oxygens (including phenoxy) is 1. The molecular formula is C22H18ClFN4O3. The van der Waals surface area contributed by atoms with E-state index in [0.29, 0.717) is 34.5 Å². The number of para-hydroxylation sites is 1. The highest BCUT2D eigenvalue weighted by Gasteiger charge is 2.21. The maximum atomic E-state index is 13.0. The van der Waals surface area contributed by atoms with Crippen molar-refractivity contribution in [2.75, 3.05) is 5.32 Å². The van der Waals surface area contributed by atoms with Gasteiger partial charge in [-0.2, -0.15) is 5.10 Å². The van der Waals surface area contributed by atoms with Gasteiger partial charge in [0.2, 0.25) is 0 Å². The Balaban J connectivity index is 1.43. The van der Waals surface area contributed by atoms with Gasteiger partial charge in [0.15, 0.2) is 11.5 Å². The number of nitrogens with zero attached hydrogens (tertiary/aromatic N) is 3. The summed E-state index contributed by atoms with van der Waals surface area (Å²) in [6, 6.07) is 14.9. The topological polar surface area (TPSA) is 82.2 Å². The summed E-state index contributed by atoms with van der Waals surface area (Å²) < 4.78 is 25.6. The van der Waals surface area contributed by atoms with Crippen LogP contribution in [-0.4, -0.2) is 20.8 Å². The van der Waals surface area contributed by atoms with Crippen molar-refractivity contribution in [2.24, 2.45) is 0 Å². The minimum absolute atomic E-state index is 0.0703. The third-order valence-electron chi connectivity index (χ3n) is 4.55. The Labute approximate surface area is 182 Å². The van der Waals surface area contributed by atoms with Crippen LogP contribution in [0.3, 0.4) is 0 Å². The Morgan fingerprint density at radius 1 is 1.19 bits per heavy atom. The van der Waals surface area contributed by atoms with Gasteiger partial charge in [0.25, 0.3) is 5.91 Å². The van der Waals surface area contributed by atoms with Crippen LogP contribution in [0.4, 0.5) is 10.2 Å². The van der Waals surface area contributed by atoms with E-state index in [-0.39, 0.29) is 18.1 Å². The number of carbonyl (C=O) groups is 1. The average molecular weight is 441 g/mol. The van der Waals surface area contributed by atoms with Gasteiger partial charge in [-0.15, -0.1) is 0 Å². The molecule has 0 aliphatic carbocycles. The minimum Gasteiger partial charge on any atom is -0.487 e. The number of halogens is 2. The van der Waals surface area contributed by atoms with E-state index in [2.05, 4.69) is 15.6 Å².